The summed E-state index contributed by atoms with van der Waals surface area (Å²) in [5.74, 6) is 0.654. The van der Waals surface area contributed by atoms with Crippen molar-refractivity contribution >= 4 is 5.91 Å². The van der Waals surface area contributed by atoms with Crippen molar-refractivity contribution in [3.05, 3.63) is 63.3 Å². The minimum Gasteiger partial charge on any atom is -0.355 e. The lowest BCUT2D eigenvalue weighted by Gasteiger charge is -2.21. The number of rotatable bonds is 5. The summed E-state index contributed by atoms with van der Waals surface area (Å²) >= 11 is 0. The second kappa shape index (κ2) is 6.14. The lowest BCUT2D eigenvalue weighted by atomic mass is 9.86. The summed E-state index contributed by atoms with van der Waals surface area (Å²) in [4.78, 5) is 31.5. The van der Waals surface area contributed by atoms with Crippen molar-refractivity contribution in [2.24, 2.45) is 5.41 Å². The van der Waals surface area contributed by atoms with Crippen molar-refractivity contribution < 1.29 is 4.79 Å². The number of aryl methyl sites for hydroxylation is 2. The summed E-state index contributed by atoms with van der Waals surface area (Å²) in [7, 11) is 0. The topological polar surface area (TPSA) is 74.8 Å². The van der Waals surface area contributed by atoms with E-state index in [0.29, 0.717) is 24.5 Å². The van der Waals surface area contributed by atoms with E-state index in [9.17, 15) is 9.59 Å². The monoisotopic (exact) mass is 339 g/mol. The zero-order valence-corrected chi connectivity index (χ0v) is 15.3. The summed E-state index contributed by atoms with van der Waals surface area (Å²) in [5.41, 5.74) is 2.27. The molecule has 1 heterocycles. The van der Waals surface area contributed by atoms with E-state index in [2.05, 4.69) is 53.4 Å². The average molecular weight is 339 g/mol. The fraction of sp³-hybridized carbons (Fsp3) is 0.450. The van der Waals surface area contributed by atoms with Crippen LogP contribution in [0.25, 0.3) is 0 Å². The zero-order valence-electron chi connectivity index (χ0n) is 15.3. The first-order valence-corrected chi connectivity index (χ1v) is 8.67. The van der Waals surface area contributed by atoms with Crippen LogP contribution in [0.3, 0.4) is 0 Å². The van der Waals surface area contributed by atoms with E-state index >= 15 is 0 Å². The van der Waals surface area contributed by atoms with Crippen molar-refractivity contribution in [2.75, 3.05) is 6.54 Å². The number of H-pyrrole nitrogens is 1. The zero-order chi connectivity index (χ0) is 18.2. The Morgan fingerprint density at radius 2 is 1.88 bits per heavy atom. The maximum Gasteiger partial charge on any atom is 0.251 e. The number of nitrogens with zero attached hydrogens (tertiary/aromatic N) is 1. The van der Waals surface area contributed by atoms with Crippen LogP contribution >= 0.6 is 0 Å². The molecule has 2 aromatic rings. The Morgan fingerprint density at radius 3 is 2.44 bits per heavy atom. The molecule has 132 valence electrons. The van der Waals surface area contributed by atoms with Gasteiger partial charge in [0.15, 0.2) is 0 Å². The summed E-state index contributed by atoms with van der Waals surface area (Å²) in [6.07, 6.45) is 1.35. The molecular weight excluding hydrogens is 314 g/mol. The molecule has 1 unspecified atom stereocenters. The summed E-state index contributed by atoms with van der Waals surface area (Å²) in [6, 6.07) is 9.69. The third-order valence-electron chi connectivity index (χ3n) is 5.24. The maximum absolute atomic E-state index is 12.9. The maximum atomic E-state index is 12.9. The van der Waals surface area contributed by atoms with Crippen LogP contribution in [-0.2, 0) is 16.6 Å². The fourth-order valence-corrected chi connectivity index (χ4v) is 3.67. The van der Waals surface area contributed by atoms with Gasteiger partial charge in [-0.05, 0) is 31.2 Å². The SMILES string of the molecule is Cc1ccc(C2(C(=O)NCCc3nc(C)cc(=O)[nH]3)CC2(C)C)cc1. The number of hydrogen-bond acceptors (Lipinski definition) is 3. The molecule has 1 aromatic carbocycles. The lowest BCUT2D eigenvalue weighted by molar-refractivity contribution is -0.124. The van der Waals surface area contributed by atoms with E-state index in [1.165, 1.54) is 11.6 Å². The highest BCUT2D eigenvalue weighted by atomic mass is 16.2. The van der Waals surface area contributed by atoms with Gasteiger partial charge in [-0.2, -0.15) is 0 Å². The first-order valence-electron chi connectivity index (χ1n) is 8.67. The second-order valence-corrected chi connectivity index (χ2v) is 7.67. The van der Waals surface area contributed by atoms with Crippen molar-refractivity contribution in [3.8, 4) is 0 Å². The molecule has 0 bridgehead atoms. The predicted octanol–water partition coefficient (Wildman–Crippen LogP) is 2.41. The minimum absolute atomic E-state index is 0.0522. The van der Waals surface area contributed by atoms with E-state index in [1.54, 1.807) is 6.92 Å². The molecule has 1 aliphatic rings. The van der Waals surface area contributed by atoms with E-state index < -0.39 is 5.41 Å². The second-order valence-electron chi connectivity index (χ2n) is 7.67. The fourth-order valence-electron chi connectivity index (χ4n) is 3.67. The molecule has 5 nitrogen and oxygen atoms in total. The first kappa shape index (κ1) is 17.4. The van der Waals surface area contributed by atoms with Gasteiger partial charge < -0.3 is 10.3 Å². The normalized spacial score (nSPS) is 21.0. The van der Waals surface area contributed by atoms with Crippen LogP contribution in [0.15, 0.2) is 35.1 Å². The van der Waals surface area contributed by atoms with Gasteiger partial charge in [0.2, 0.25) is 5.91 Å². The van der Waals surface area contributed by atoms with Crippen molar-refractivity contribution in [1.82, 2.24) is 15.3 Å². The van der Waals surface area contributed by atoms with Crippen LogP contribution in [0, 0.1) is 19.3 Å². The molecule has 1 fully saturated rings. The Hall–Kier alpha value is -2.43. The van der Waals surface area contributed by atoms with Crippen LogP contribution in [0.2, 0.25) is 0 Å². The van der Waals surface area contributed by atoms with E-state index in [1.807, 2.05) is 6.92 Å². The molecule has 1 aromatic heterocycles. The number of carbonyl (C=O) groups is 1. The molecule has 2 N–H and O–H groups in total. The number of carbonyl (C=O) groups excluding carboxylic acids is 1. The highest BCUT2D eigenvalue weighted by Crippen LogP contribution is 2.64. The van der Waals surface area contributed by atoms with Gasteiger partial charge in [-0.25, -0.2) is 4.98 Å². The minimum atomic E-state index is -0.464. The van der Waals surface area contributed by atoms with Gasteiger partial charge in [-0.3, -0.25) is 9.59 Å². The van der Waals surface area contributed by atoms with Gasteiger partial charge in [0.05, 0.1) is 5.41 Å². The van der Waals surface area contributed by atoms with Crippen LogP contribution < -0.4 is 10.9 Å². The smallest absolute Gasteiger partial charge is 0.251 e. The lowest BCUT2D eigenvalue weighted by Crippen LogP contribution is -2.39. The third kappa shape index (κ3) is 3.23. The summed E-state index contributed by atoms with van der Waals surface area (Å²) in [6.45, 7) is 8.55. The van der Waals surface area contributed by atoms with Crippen molar-refractivity contribution in [1.29, 1.82) is 0 Å². The molecule has 0 spiro atoms. The molecular formula is C20H25N3O2. The third-order valence-corrected chi connectivity index (χ3v) is 5.24. The molecule has 0 saturated heterocycles. The Labute approximate surface area is 147 Å². The first-order chi connectivity index (χ1) is 11.7. The Kier molecular flexibility index (Phi) is 4.27. The Bertz CT molecular complexity index is 852. The molecule has 1 amide bonds. The van der Waals surface area contributed by atoms with Gasteiger partial charge in [-0.1, -0.05) is 43.7 Å². The van der Waals surface area contributed by atoms with Crippen LogP contribution in [0.4, 0.5) is 0 Å². The molecule has 1 saturated carbocycles. The highest BCUT2D eigenvalue weighted by Gasteiger charge is 2.66. The average Bonchev–Trinajstić information content (AvgIpc) is 3.11. The molecule has 0 radical (unpaired) electrons. The van der Waals surface area contributed by atoms with Crippen LogP contribution in [0.5, 0.6) is 0 Å². The van der Waals surface area contributed by atoms with Gasteiger partial charge >= 0.3 is 0 Å². The van der Waals surface area contributed by atoms with Crippen molar-refractivity contribution in [2.45, 2.75) is 46.0 Å². The van der Waals surface area contributed by atoms with E-state index in [-0.39, 0.29) is 16.9 Å². The molecule has 5 heteroatoms. The molecule has 25 heavy (non-hydrogen) atoms. The van der Waals surface area contributed by atoms with Crippen LogP contribution in [-0.4, -0.2) is 22.4 Å². The standard InChI is InChI=1S/C20H25N3O2/c1-13-5-7-15(8-6-13)20(12-19(20,3)4)18(25)21-10-9-16-22-14(2)11-17(24)23-16/h5-8,11H,9-10,12H2,1-4H3,(H,21,25)(H,22,23,24). The molecule has 1 atom stereocenters. The van der Waals surface area contributed by atoms with Gasteiger partial charge in [-0.15, -0.1) is 0 Å². The van der Waals surface area contributed by atoms with Crippen molar-refractivity contribution in [3.63, 3.8) is 0 Å². The number of hydrogen-bond donors (Lipinski definition) is 2. The number of amides is 1. The largest absolute Gasteiger partial charge is 0.355 e. The number of benzene rings is 1. The number of aromatic amines is 1. The predicted molar refractivity (Wildman–Crippen MR) is 97.6 cm³/mol. The molecule has 0 aliphatic heterocycles. The van der Waals surface area contributed by atoms with Crippen LogP contribution in [0.1, 0.15) is 42.9 Å². The van der Waals surface area contributed by atoms with E-state index in [0.717, 1.165) is 12.0 Å². The number of nitrogens with one attached hydrogen (secondary N) is 2. The molecule has 3 rings (SSSR count). The Balaban J connectivity index is 1.70. The van der Waals surface area contributed by atoms with Gasteiger partial charge in [0.25, 0.3) is 5.56 Å². The summed E-state index contributed by atoms with van der Waals surface area (Å²) < 4.78 is 0. The molecule has 1 aliphatic carbocycles. The number of aromatic nitrogens is 2. The summed E-state index contributed by atoms with van der Waals surface area (Å²) in [5, 5.41) is 3.04. The quantitative estimate of drug-likeness (QED) is 0.878. The van der Waals surface area contributed by atoms with Gasteiger partial charge in [0, 0.05) is 24.7 Å². The van der Waals surface area contributed by atoms with E-state index in [4.69, 9.17) is 0 Å². The highest BCUT2D eigenvalue weighted by molar-refractivity contribution is 5.93. The Morgan fingerprint density at radius 1 is 1.24 bits per heavy atom. The van der Waals surface area contributed by atoms with Gasteiger partial charge in [0.1, 0.15) is 5.82 Å².